The quantitative estimate of drug-likeness (QED) is 0.262. The first-order valence-electron chi connectivity index (χ1n) is 10.3. The number of rotatable bonds is 8. The van der Waals surface area contributed by atoms with Gasteiger partial charge in [-0.3, -0.25) is 4.79 Å². The van der Waals surface area contributed by atoms with Gasteiger partial charge in [0.1, 0.15) is 21.2 Å². The number of carboxylic acids is 1. The number of benzene rings is 2. The molecule has 0 atom stereocenters. The first-order chi connectivity index (χ1) is 15.5. The largest absolute Gasteiger partial charge is 0.481 e. The van der Waals surface area contributed by atoms with Crippen LogP contribution in [0.1, 0.15) is 23.2 Å². The van der Waals surface area contributed by atoms with Crippen molar-refractivity contribution in [2.75, 3.05) is 6.54 Å². The molecule has 2 aromatic heterocycles. The molecule has 0 saturated heterocycles. The summed E-state index contributed by atoms with van der Waals surface area (Å²) in [4.78, 5) is 20.8. The molecule has 33 heavy (non-hydrogen) atoms. The number of hydrogen-bond acceptors (Lipinski definition) is 5. The summed E-state index contributed by atoms with van der Waals surface area (Å²) < 4.78 is 14.8. The van der Waals surface area contributed by atoms with Gasteiger partial charge in [-0.1, -0.05) is 59.9 Å². The molecule has 2 heterocycles. The van der Waals surface area contributed by atoms with Crippen molar-refractivity contribution in [2.24, 2.45) is 0 Å². The molecule has 0 aliphatic heterocycles. The second-order valence-corrected chi connectivity index (χ2v) is 8.72. The number of nitrogens with one attached hydrogen (secondary N) is 1. The van der Waals surface area contributed by atoms with Crippen molar-refractivity contribution in [1.29, 1.82) is 0 Å². The van der Waals surface area contributed by atoms with Gasteiger partial charge in [0.05, 0.1) is 17.5 Å². The maximum Gasteiger partial charge on any atom is 0.304 e. The molecule has 0 saturated carbocycles. The molecule has 168 valence electrons. The van der Waals surface area contributed by atoms with Gasteiger partial charge in [0.15, 0.2) is 0 Å². The van der Waals surface area contributed by atoms with Crippen LogP contribution < -0.4 is 5.32 Å². The Labute approximate surface area is 200 Å². The molecule has 5 nitrogen and oxygen atoms in total. The van der Waals surface area contributed by atoms with Crippen LogP contribution in [0.5, 0.6) is 0 Å². The van der Waals surface area contributed by atoms with Crippen LogP contribution in [0.3, 0.4) is 0 Å². The number of aliphatic carboxylic acids is 1. The molecule has 0 fully saturated rings. The van der Waals surface area contributed by atoms with Crippen LogP contribution in [0.25, 0.3) is 20.9 Å². The molecular weight excluding hydrogens is 461 g/mol. The number of carboxylic acid groups (broad SMARTS) is 1. The average molecular weight is 482 g/mol. The Kier molecular flexibility index (Phi) is 6.56. The van der Waals surface area contributed by atoms with E-state index in [1.807, 2.05) is 36.4 Å². The number of nitrogens with zero attached hydrogens (tertiary/aromatic N) is 2. The van der Waals surface area contributed by atoms with E-state index in [-0.39, 0.29) is 30.1 Å². The summed E-state index contributed by atoms with van der Waals surface area (Å²) in [6.45, 7) is 0.744. The highest BCUT2D eigenvalue weighted by molar-refractivity contribution is 7.21. The van der Waals surface area contributed by atoms with Gasteiger partial charge in [-0.05, 0) is 35.4 Å². The maximum atomic E-state index is 14.8. The molecule has 2 N–H and O–H groups in total. The predicted molar refractivity (Wildman–Crippen MR) is 130 cm³/mol. The lowest BCUT2D eigenvalue weighted by Crippen LogP contribution is -2.17. The van der Waals surface area contributed by atoms with Crippen molar-refractivity contribution >= 4 is 40.1 Å². The summed E-state index contributed by atoms with van der Waals surface area (Å²) in [5.41, 5.74) is 3.79. The molecule has 8 heteroatoms. The van der Waals surface area contributed by atoms with Gasteiger partial charge < -0.3 is 10.4 Å². The zero-order chi connectivity index (χ0) is 22.1. The highest BCUT2D eigenvalue weighted by atomic mass is 35.5. The van der Waals surface area contributed by atoms with E-state index in [1.165, 1.54) is 23.0 Å². The molecule has 0 amide bonds. The number of aromatic nitrogens is 2. The molecule has 1 aliphatic rings. The van der Waals surface area contributed by atoms with E-state index in [1.54, 1.807) is 6.07 Å². The summed E-state index contributed by atoms with van der Waals surface area (Å²) in [5, 5.41) is 12.3. The normalized spacial score (nSPS) is 13.6. The smallest absolute Gasteiger partial charge is 0.304 e. The Balaban J connectivity index is 0.00000259. The molecule has 2 aromatic carbocycles. The van der Waals surface area contributed by atoms with Crippen LogP contribution in [-0.4, -0.2) is 27.6 Å². The molecule has 1 aliphatic carbocycles. The molecule has 5 rings (SSSR count). The molecule has 0 radical (unpaired) electrons. The van der Waals surface area contributed by atoms with Gasteiger partial charge in [-0.2, -0.15) is 0 Å². The fraction of sp³-hybridized carbons (Fsp3) is 0.160. The fourth-order valence-corrected chi connectivity index (χ4v) is 4.71. The molecular formula is C25H21ClFN3O2S. The number of fused-ring (bicyclic) bond motifs is 1. The van der Waals surface area contributed by atoms with E-state index in [0.29, 0.717) is 23.7 Å². The zero-order valence-electron chi connectivity index (χ0n) is 17.5. The third kappa shape index (κ3) is 4.66. The van der Waals surface area contributed by atoms with Gasteiger partial charge in [-0.25, -0.2) is 14.4 Å². The Morgan fingerprint density at radius 1 is 1.06 bits per heavy atom. The van der Waals surface area contributed by atoms with Gasteiger partial charge in [-0.15, -0.1) is 12.4 Å². The minimum Gasteiger partial charge on any atom is -0.481 e. The fourth-order valence-electron chi connectivity index (χ4n) is 3.74. The number of thiazole rings is 1. The number of pyridine rings is 1. The standard InChI is InChI=1S/C25H20FN3O2S.ClH/c26-19-14-16(15-27-13-10-22(30)31)6-7-18(19)23-28-20-8-9-21(29-24(20)32-23)25(11-12-25)17-4-2-1-3-5-17;/h1-9,11-12,14,27H,10,13,15H2,(H,30,31);1H. The highest BCUT2D eigenvalue weighted by Gasteiger charge is 2.39. The van der Waals surface area contributed by atoms with Gasteiger partial charge in [0.25, 0.3) is 0 Å². The number of halogens is 2. The number of hydrogen-bond donors (Lipinski definition) is 2. The van der Waals surface area contributed by atoms with E-state index in [0.717, 1.165) is 21.6 Å². The molecule has 0 spiro atoms. The summed E-state index contributed by atoms with van der Waals surface area (Å²) in [5.74, 6) is -1.22. The molecule has 0 unspecified atom stereocenters. The summed E-state index contributed by atoms with van der Waals surface area (Å²) in [6.07, 6.45) is 4.31. The Morgan fingerprint density at radius 2 is 1.85 bits per heavy atom. The van der Waals surface area contributed by atoms with Gasteiger partial charge >= 0.3 is 5.97 Å². The van der Waals surface area contributed by atoms with Crippen LogP contribution in [0.15, 0.2) is 72.8 Å². The lowest BCUT2D eigenvalue weighted by molar-refractivity contribution is -0.136. The van der Waals surface area contributed by atoms with Crippen LogP contribution in [0.4, 0.5) is 4.39 Å². The average Bonchev–Trinajstić information content (AvgIpc) is 3.50. The van der Waals surface area contributed by atoms with E-state index in [9.17, 15) is 9.18 Å². The van der Waals surface area contributed by atoms with E-state index >= 15 is 0 Å². The minimum absolute atomic E-state index is 0. The lowest BCUT2D eigenvalue weighted by Gasteiger charge is -2.15. The highest BCUT2D eigenvalue weighted by Crippen LogP contribution is 2.45. The second-order valence-electron chi connectivity index (χ2n) is 7.74. The van der Waals surface area contributed by atoms with E-state index in [4.69, 9.17) is 10.1 Å². The third-order valence-electron chi connectivity index (χ3n) is 5.54. The Hall–Kier alpha value is -3.13. The first-order valence-corrected chi connectivity index (χ1v) is 11.1. The maximum absolute atomic E-state index is 14.8. The monoisotopic (exact) mass is 481 g/mol. The lowest BCUT2D eigenvalue weighted by atomic mass is 9.89. The van der Waals surface area contributed by atoms with Crippen molar-refractivity contribution < 1.29 is 14.3 Å². The molecule has 0 bridgehead atoms. The number of allylic oxidation sites excluding steroid dienone is 2. The van der Waals surface area contributed by atoms with E-state index in [2.05, 4.69) is 34.6 Å². The second kappa shape index (κ2) is 9.39. The van der Waals surface area contributed by atoms with Crippen molar-refractivity contribution in [3.05, 3.63) is 95.5 Å². The molecule has 4 aromatic rings. The van der Waals surface area contributed by atoms with Crippen molar-refractivity contribution in [1.82, 2.24) is 15.3 Å². The predicted octanol–water partition coefficient (Wildman–Crippen LogP) is 5.34. The van der Waals surface area contributed by atoms with Gasteiger partial charge in [0.2, 0.25) is 0 Å². The third-order valence-corrected chi connectivity index (χ3v) is 6.54. The van der Waals surface area contributed by atoms with Crippen LogP contribution in [0.2, 0.25) is 0 Å². The van der Waals surface area contributed by atoms with Crippen molar-refractivity contribution in [3.8, 4) is 10.6 Å². The number of carbonyl (C=O) groups is 1. The SMILES string of the molecule is Cl.O=C(O)CCNCc1ccc(-c2nc3ccc(C4(c5ccccc5)C=C4)nc3s2)c(F)c1. The first kappa shape index (κ1) is 23.0. The van der Waals surface area contributed by atoms with Crippen LogP contribution in [-0.2, 0) is 16.8 Å². The summed E-state index contributed by atoms with van der Waals surface area (Å²) in [7, 11) is 0. The zero-order valence-corrected chi connectivity index (χ0v) is 19.1. The van der Waals surface area contributed by atoms with Crippen LogP contribution >= 0.6 is 23.7 Å². The van der Waals surface area contributed by atoms with Crippen molar-refractivity contribution in [2.45, 2.75) is 18.4 Å². The Bertz CT molecular complexity index is 1330. The van der Waals surface area contributed by atoms with Crippen molar-refractivity contribution in [3.63, 3.8) is 0 Å². The summed E-state index contributed by atoms with van der Waals surface area (Å²) >= 11 is 1.38. The Morgan fingerprint density at radius 3 is 2.55 bits per heavy atom. The van der Waals surface area contributed by atoms with Gasteiger partial charge in [0, 0.05) is 18.7 Å². The minimum atomic E-state index is -0.862. The topological polar surface area (TPSA) is 75.1 Å². The van der Waals surface area contributed by atoms with Crippen LogP contribution in [0, 0.1) is 5.82 Å². The van der Waals surface area contributed by atoms with E-state index < -0.39 is 5.97 Å². The summed E-state index contributed by atoms with van der Waals surface area (Å²) in [6, 6.07) is 19.2.